The summed E-state index contributed by atoms with van der Waals surface area (Å²) in [6, 6.07) is 6.59. The summed E-state index contributed by atoms with van der Waals surface area (Å²) >= 11 is 3.27. The lowest BCUT2D eigenvalue weighted by atomic mass is 9.80. The van der Waals surface area contributed by atoms with Crippen molar-refractivity contribution in [3.63, 3.8) is 0 Å². The second kappa shape index (κ2) is 6.95. The maximum Gasteiger partial charge on any atom is 0.310 e. The normalized spacial score (nSPS) is 30.0. The Labute approximate surface area is 163 Å². The third-order valence-corrected chi connectivity index (χ3v) is 6.05. The molecule has 2 aliphatic carbocycles. The molecule has 2 bridgehead atoms. The fraction of sp³-hybridized carbons (Fsp3) is 0.444. The zero-order valence-electron chi connectivity index (χ0n) is 14.1. The van der Waals surface area contributed by atoms with Crippen LogP contribution in [0.3, 0.4) is 0 Å². The third-order valence-electron chi connectivity index (χ3n) is 5.52. The molecule has 3 aliphatic rings. The van der Waals surface area contributed by atoms with Crippen molar-refractivity contribution in [2.75, 3.05) is 6.61 Å². The van der Waals surface area contributed by atoms with Crippen molar-refractivity contribution >= 4 is 39.7 Å². The van der Waals surface area contributed by atoms with E-state index in [0.29, 0.717) is 12.0 Å². The van der Waals surface area contributed by atoms with Crippen LogP contribution in [0.2, 0.25) is 0 Å². The molecule has 2 N–H and O–H groups in total. The average Bonchev–Trinajstić information content (AvgIpc) is 3.27. The van der Waals surface area contributed by atoms with Gasteiger partial charge in [0.15, 0.2) is 6.61 Å². The van der Waals surface area contributed by atoms with E-state index in [1.165, 1.54) is 0 Å². The zero-order chi connectivity index (χ0) is 19.1. The Morgan fingerprint density at radius 2 is 1.89 bits per heavy atom. The summed E-state index contributed by atoms with van der Waals surface area (Å²) in [4.78, 5) is 48.0. The summed E-state index contributed by atoms with van der Waals surface area (Å²) in [6.07, 6.45) is 1.41. The highest BCUT2D eigenvalue weighted by molar-refractivity contribution is 9.10. The smallest absolute Gasteiger partial charge is 0.310 e. The van der Waals surface area contributed by atoms with Crippen LogP contribution in [0.15, 0.2) is 28.7 Å². The Morgan fingerprint density at radius 1 is 1.15 bits per heavy atom. The van der Waals surface area contributed by atoms with E-state index in [0.717, 1.165) is 10.9 Å². The first-order valence-electron chi connectivity index (χ1n) is 8.66. The molecule has 27 heavy (non-hydrogen) atoms. The van der Waals surface area contributed by atoms with E-state index in [4.69, 9.17) is 9.47 Å². The number of amides is 2. The number of ether oxygens (including phenoxy) is 2. The average molecular weight is 437 g/mol. The molecule has 5 atom stereocenters. The minimum atomic E-state index is -0.663. The van der Waals surface area contributed by atoms with Crippen LogP contribution in [-0.4, -0.2) is 36.5 Å². The first kappa shape index (κ1) is 18.0. The predicted octanol–water partition coefficient (Wildman–Crippen LogP) is 0.951. The van der Waals surface area contributed by atoms with Crippen molar-refractivity contribution in [1.82, 2.24) is 10.9 Å². The molecule has 4 rings (SSSR count). The molecule has 0 aromatic heterocycles. The van der Waals surface area contributed by atoms with E-state index in [-0.39, 0.29) is 23.9 Å². The van der Waals surface area contributed by atoms with Crippen molar-refractivity contribution in [2.45, 2.75) is 18.9 Å². The largest absolute Gasteiger partial charge is 0.462 e. The topological polar surface area (TPSA) is 111 Å². The van der Waals surface area contributed by atoms with Gasteiger partial charge < -0.3 is 9.47 Å². The quantitative estimate of drug-likeness (QED) is 0.536. The number of halogens is 1. The van der Waals surface area contributed by atoms with Gasteiger partial charge in [0, 0.05) is 16.0 Å². The summed E-state index contributed by atoms with van der Waals surface area (Å²) in [7, 11) is 0. The predicted molar refractivity (Wildman–Crippen MR) is 93.8 cm³/mol. The highest BCUT2D eigenvalue weighted by Gasteiger charge is 2.64. The van der Waals surface area contributed by atoms with Crippen molar-refractivity contribution < 1.29 is 28.7 Å². The van der Waals surface area contributed by atoms with Crippen LogP contribution < -0.4 is 10.9 Å². The Hall–Kier alpha value is -2.42. The lowest BCUT2D eigenvalue weighted by Crippen LogP contribution is -2.44. The maximum absolute atomic E-state index is 12.4. The summed E-state index contributed by atoms with van der Waals surface area (Å²) in [5, 5.41) is 0. The van der Waals surface area contributed by atoms with Crippen LogP contribution in [0.25, 0.3) is 0 Å². The highest BCUT2D eigenvalue weighted by Crippen LogP contribution is 2.57. The lowest BCUT2D eigenvalue weighted by Gasteiger charge is -2.22. The van der Waals surface area contributed by atoms with Crippen LogP contribution in [0.4, 0.5) is 0 Å². The van der Waals surface area contributed by atoms with Gasteiger partial charge >= 0.3 is 11.9 Å². The number of hydrogen-bond donors (Lipinski definition) is 2. The minimum absolute atomic E-state index is 0.0614. The molecule has 3 fully saturated rings. The SMILES string of the molecule is O=C(COC(=O)[C@@H]1[C@@H]2C[C@@H]3[C@H]1C(=O)O[C@H]3C2)NNC(=O)c1ccc(Br)cc1. The fourth-order valence-corrected chi connectivity index (χ4v) is 4.66. The summed E-state index contributed by atoms with van der Waals surface area (Å²) in [5.74, 6) is -2.85. The van der Waals surface area contributed by atoms with E-state index < -0.39 is 36.2 Å². The second-order valence-corrected chi connectivity index (χ2v) is 7.95. The number of hydrogen-bond acceptors (Lipinski definition) is 6. The van der Waals surface area contributed by atoms with Gasteiger partial charge in [-0.25, -0.2) is 0 Å². The molecule has 1 aromatic carbocycles. The first-order valence-corrected chi connectivity index (χ1v) is 9.45. The number of carbonyl (C=O) groups is 4. The Balaban J connectivity index is 1.25. The number of hydrazine groups is 1. The standard InChI is InChI=1S/C18H17BrN2O6/c19-10-3-1-8(2-4-10)16(23)21-20-13(22)7-26-17(24)14-9-5-11-12(6-9)27-18(25)15(11)14/h1-4,9,11-12,14-15H,5-7H2,(H,20,22)(H,21,23)/t9-,11+,12+,14-,15-/m1/s1. The maximum atomic E-state index is 12.4. The number of carbonyl (C=O) groups excluding carboxylic acids is 4. The monoisotopic (exact) mass is 436 g/mol. The lowest BCUT2D eigenvalue weighted by molar-refractivity contribution is -0.158. The third kappa shape index (κ3) is 3.31. The minimum Gasteiger partial charge on any atom is -0.462 e. The molecular formula is C18H17BrN2O6. The van der Waals surface area contributed by atoms with Gasteiger partial charge in [-0.15, -0.1) is 0 Å². The molecular weight excluding hydrogens is 420 g/mol. The van der Waals surface area contributed by atoms with E-state index in [9.17, 15) is 19.2 Å². The highest BCUT2D eigenvalue weighted by atomic mass is 79.9. The molecule has 1 aromatic rings. The van der Waals surface area contributed by atoms with Gasteiger partial charge in [0.25, 0.3) is 11.8 Å². The van der Waals surface area contributed by atoms with Crippen molar-refractivity contribution in [2.24, 2.45) is 23.7 Å². The zero-order valence-corrected chi connectivity index (χ0v) is 15.7. The van der Waals surface area contributed by atoms with Crippen molar-refractivity contribution in [1.29, 1.82) is 0 Å². The number of nitrogens with one attached hydrogen (secondary N) is 2. The molecule has 9 heteroatoms. The molecule has 1 saturated heterocycles. The molecule has 2 amide bonds. The number of fused-ring (bicyclic) bond motifs is 1. The van der Waals surface area contributed by atoms with Crippen LogP contribution >= 0.6 is 15.9 Å². The van der Waals surface area contributed by atoms with Gasteiger partial charge in [0.05, 0.1) is 11.8 Å². The summed E-state index contributed by atoms with van der Waals surface area (Å²) in [5.41, 5.74) is 4.82. The molecule has 142 valence electrons. The fourth-order valence-electron chi connectivity index (χ4n) is 4.39. The molecule has 8 nitrogen and oxygen atoms in total. The molecule has 0 unspecified atom stereocenters. The summed E-state index contributed by atoms with van der Waals surface area (Å²) in [6.45, 7) is -0.529. The van der Waals surface area contributed by atoms with E-state index in [2.05, 4.69) is 26.8 Å². The van der Waals surface area contributed by atoms with E-state index in [1.807, 2.05) is 0 Å². The molecule has 2 saturated carbocycles. The van der Waals surface area contributed by atoms with Crippen molar-refractivity contribution in [3.05, 3.63) is 34.3 Å². The Morgan fingerprint density at radius 3 is 2.63 bits per heavy atom. The van der Waals surface area contributed by atoms with Gasteiger partial charge in [-0.3, -0.25) is 30.0 Å². The Bertz CT molecular complexity index is 809. The Kier molecular flexibility index (Phi) is 4.63. The van der Waals surface area contributed by atoms with Crippen molar-refractivity contribution in [3.8, 4) is 0 Å². The van der Waals surface area contributed by atoms with Crippen LogP contribution in [0.5, 0.6) is 0 Å². The van der Waals surface area contributed by atoms with Crippen LogP contribution in [0.1, 0.15) is 23.2 Å². The van der Waals surface area contributed by atoms with Gasteiger partial charge in [0.2, 0.25) is 0 Å². The number of esters is 2. The number of benzene rings is 1. The van der Waals surface area contributed by atoms with Crippen LogP contribution in [0, 0.1) is 23.7 Å². The molecule has 0 radical (unpaired) electrons. The molecule has 1 heterocycles. The molecule has 0 spiro atoms. The van der Waals surface area contributed by atoms with Gasteiger partial charge in [-0.1, -0.05) is 15.9 Å². The van der Waals surface area contributed by atoms with Gasteiger partial charge in [-0.2, -0.15) is 0 Å². The first-order chi connectivity index (χ1) is 12.9. The van der Waals surface area contributed by atoms with Gasteiger partial charge in [0.1, 0.15) is 6.10 Å². The van der Waals surface area contributed by atoms with E-state index in [1.54, 1.807) is 24.3 Å². The van der Waals surface area contributed by atoms with Crippen LogP contribution in [-0.2, 0) is 23.9 Å². The number of rotatable bonds is 4. The van der Waals surface area contributed by atoms with E-state index >= 15 is 0 Å². The van der Waals surface area contributed by atoms with Gasteiger partial charge in [-0.05, 0) is 43.0 Å². The summed E-state index contributed by atoms with van der Waals surface area (Å²) < 4.78 is 11.2. The molecule has 1 aliphatic heterocycles. The second-order valence-electron chi connectivity index (χ2n) is 7.04.